The molecule has 0 bridgehead atoms. The Hall–Kier alpha value is -1.38. The third kappa shape index (κ3) is 1.81. The average Bonchev–Trinajstić information content (AvgIpc) is 2.06. The minimum Gasteiger partial charge on any atom is -0.763 e. The second kappa shape index (κ2) is 3.34. The zero-order valence-corrected chi connectivity index (χ0v) is 6.95. The number of hydrogen-bond donors (Lipinski definition) is 0. The lowest BCUT2D eigenvalue weighted by molar-refractivity contribution is 0.605. The van der Waals surface area contributed by atoms with Gasteiger partial charge in [0, 0.05) is 0 Å². The Labute approximate surface area is 70.8 Å². The van der Waals surface area contributed by atoms with Gasteiger partial charge >= 0.3 is 0 Å². The molecule has 0 radical (unpaired) electrons. The fraction of sp³-hybridized carbons (Fsp3) is 0. The molecule has 0 spiro atoms. The van der Waals surface area contributed by atoms with E-state index in [9.17, 15) is 8.42 Å². The van der Waals surface area contributed by atoms with Crippen LogP contribution in [0.25, 0.3) is 5.41 Å². The molecule has 0 atom stereocenters. The van der Waals surface area contributed by atoms with Gasteiger partial charge in [-0.25, -0.2) is 8.42 Å². The van der Waals surface area contributed by atoms with Crippen LogP contribution in [0.2, 0.25) is 0 Å². The van der Waals surface area contributed by atoms with E-state index in [1.807, 2.05) is 0 Å². The predicted octanol–water partition coefficient (Wildman–Crippen LogP) is 1.21. The highest BCUT2D eigenvalue weighted by Crippen LogP contribution is 2.09. The van der Waals surface area contributed by atoms with Gasteiger partial charge in [0.25, 0.3) is 0 Å². The van der Waals surface area contributed by atoms with E-state index in [0.717, 1.165) is 0 Å². The molecule has 1 aromatic carbocycles. The summed E-state index contributed by atoms with van der Waals surface area (Å²) in [7, 11) is -3.50. The van der Waals surface area contributed by atoms with Gasteiger partial charge in [-0.15, -0.1) is 0 Å². The Kier molecular flexibility index (Phi) is 2.43. The van der Waals surface area contributed by atoms with Crippen LogP contribution in [0.4, 0.5) is 0 Å². The maximum atomic E-state index is 11.2. The van der Waals surface area contributed by atoms with Crippen LogP contribution in [0.5, 0.6) is 0 Å². The van der Waals surface area contributed by atoms with Crippen LogP contribution in [0, 0.1) is 0 Å². The van der Waals surface area contributed by atoms with Crippen molar-refractivity contribution in [3.05, 3.63) is 41.1 Å². The van der Waals surface area contributed by atoms with Crippen molar-refractivity contribution in [2.75, 3.05) is 0 Å². The van der Waals surface area contributed by atoms with E-state index in [4.69, 9.17) is 5.41 Å². The lowest BCUT2D eigenvalue weighted by Gasteiger charge is -1.95. The van der Waals surface area contributed by atoms with Gasteiger partial charge in [-0.2, -0.15) is 0 Å². The van der Waals surface area contributed by atoms with Crippen LogP contribution >= 0.6 is 0 Å². The van der Waals surface area contributed by atoms with Crippen molar-refractivity contribution in [2.24, 2.45) is 0 Å². The Morgan fingerprint density at radius 2 is 1.83 bits per heavy atom. The summed E-state index contributed by atoms with van der Waals surface area (Å²) in [6, 6.07) is 7.83. The molecule has 0 saturated carbocycles. The number of hydrogen-bond acceptors (Lipinski definition) is 2. The third-order valence-corrected chi connectivity index (χ3v) is 2.62. The van der Waals surface area contributed by atoms with Gasteiger partial charge in [-0.05, 0) is 12.1 Å². The molecule has 0 saturated heterocycles. The molecule has 0 aromatic heterocycles. The third-order valence-electron chi connectivity index (χ3n) is 1.28. The van der Waals surface area contributed by atoms with Crippen molar-refractivity contribution in [1.29, 1.82) is 0 Å². The van der Waals surface area contributed by atoms with E-state index >= 15 is 0 Å². The second-order valence-electron chi connectivity index (χ2n) is 2.11. The first-order valence-corrected chi connectivity index (χ1v) is 4.74. The molecule has 0 aliphatic rings. The zero-order chi connectivity index (χ0) is 9.03. The van der Waals surface area contributed by atoms with Crippen molar-refractivity contribution in [2.45, 2.75) is 4.90 Å². The molecule has 0 N–H and O–H groups in total. The maximum Gasteiger partial charge on any atom is 0.205 e. The SMILES string of the molecule is [N-]=C=CS(=O)(=O)c1ccccc1. The van der Waals surface area contributed by atoms with Gasteiger partial charge in [0.15, 0.2) is 0 Å². The lowest BCUT2D eigenvalue weighted by Crippen LogP contribution is -1.94. The molecule has 3 nitrogen and oxygen atoms in total. The van der Waals surface area contributed by atoms with E-state index in [0.29, 0.717) is 5.41 Å². The van der Waals surface area contributed by atoms with Crippen molar-refractivity contribution >= 4 is 15.7 Å². The monoisotopic (exact) mass is 180 g/mol. The highest BCUT2D eigenvalue weighted by atomic mass is 32.2. The van der Waals surface area contributed by atoms with Gasteiger partial charge in [-0.1, -0.05) is 18.2 Å². The van der Waals surface area contributed by atoms with Gasteiger partial charge in [0.1, 0.15) is 0 Å². The van der Waals surface area contributed by atoms with Crippen LogP contribution < -0.4 is 0 Å². The van der Waals surface area contributed by atoms with E-state index in [1.54, 1.807) is 18.2 Å². The van der Waals surface area contributed by atoms with Crippen molar-refractivity contribution in [1.82, 2.24) is 0 Å². The Balaban J connectivity index is 3.25. The van der Waals surface area contributed by atoms with Gasteiger partial charge < -0.3 is 5.41 Å². The summed E-state index contributed by atoms with van der Waals surface area (Å²) < 4.78 is 22.3. The molecule has 0 heterocycles. The lowest BCUT2D eigenvalue weighted by atomic mass is 10.4. The summed E-state index contributed by atoms with van der Waals surface area (Å²) in [5.41, 5.74) is 0. The molecule has 12 heavy (non-hydrogen) atoms. The average molecular weight is 180 g/mol. The number of rotatable bonds is 2. The molecule has 0 amide bonds. The maximum absolute atomic E-state index is 11.2. The minimum absolute atomic E-state index is 0.145. The van der Waals surface area contributed by atoms with E-state index in [2.05, 4.69) is 0 Å². The minimum atomic E-state index is -3.50. The Morgan fingerprint density at radius 1 is 1.25 bits per heavy atom. The molecular weight excluding hydrogens is 174 g/mol. The summed E-state index contributed by atoms with van der Waals surface area (Å²) in [4.78, 5) is 0.145. The topological polar surface area (TPSA) is 56.4 Å². The first-order chi connectivity index (χ1) is 5.67. The molecule has 1 rings (SSSR count). The van der Waals surface area contributed by atoms with Crippen LogP contribution in [0.1, 0.15) is 0 Å². The molecule has 1 aromatic rings. The summed E-state index contributed by atoms with van der Waals surface area (Å²) in [6.45, 7) is 0. The molecule has 0 aliphatic carbocycles. The molecule has 4 heteroatoms. The van der Waals surface area contributed by atoms with Crippen LogP contribution in [0.3, 0.4) is 0 Å². The molecule has 0 fully saturated rings. The van der Waals surface area contributed by atoms with E-state index < -0.39 is 9.84 Å². The van der Waals surface area contributed by atoms with Crippen molar-refractivity contribution in [3.8, 4) is 0 Å². The fourth-order valence-corrected chi connectivity index (χ4v) is 1.56. The normalized spacial score (nSPS) is 10.3. The van der Waals surface area contributed by atoms with Gasteiger partial charge in [0.2, 0.25) is 9.84 Å². The smallest absolute Gasteiger partial charge is 0.205 e. The largest absolute Gasteiger partial charge is 0.763 e. The first kappa shape index (κ1) is 8.71. The molecule has 0 unspecified atom stereocenters. The Morgan fingerprint density at radius 3 is 2.33 bits per heavy atom. The van der Waals surface area contributed by atoms with Crippen LogP contribution in [0.15, 0.2) is 40.6 Å². The van der Waals surface area contributed by atoms with E-state index in [-0.39, 0.29) is 4.90 Å². The summed E-state index contributed by atoms with van der Waals surface area (Å²) in [5, 5.41) is 8.81. The highest BCUT2D eigenvalue weighted by Gasteiger charge is 2.06. The molecule has 62 valence electrons. The fourth-order valence-electron chi connectivity index (χ4n) is 0.748. The Bertz CT molecular complexity index is 402. The quantitative estimate of drug-likeness (QED) is 0.642. The number of sulfone groups is 1. The number of benzene rings is 1. The zero-order valence-electron chi connectivity index (χ0n) is 6.14. The number of nitrogens with zero attached hydrogens (tertiary/aromatic N) is 1. The summed E-state index contributed by atoms with van der Waals surface area (Å²) in [6.07, 6.45) is 0. The first-order valence-electron chi connectivity index (χ1n) is 3.20. The van der Waals surface area contributed by atoms with Crippen molar-refractivity contribution < 1.29 is 8.42 Å². The van der Waals surface area contributed by atoms with Crippen LogP contribution in [-0.4, -0.2) is 14.3 Å². The predicted molar refractivity (Wildman–Crippen MR) is 46.6 cm³/mol. The highest BCUT2D eigenvalue weighted by molar-refractivity contribution is 7.94. The summed E-state index contributed by atoms with van der Waals surface area (Å²) in [5.74, 6) is 1.49. The van der Waals surface area contributed by atoms with Crippen LogP contribution in [-0.2, 0) is 9.84 Å². The summed E-state index contributed by atoms with van der Waals surface area (Å²) >= 11 is 0. The second-order valence-corrected chi connectivity index (χ2v) is 3.90. The standard InChI is InChI=1S/C8H6NO2S/c9-6-7-12(10,11)8-4-2-1-3-5-8/h1-5,7H/q-1. The van der Waals surface area contributed by atoms with Gasteiger partial charge in [-0.3, -0.25) is 5.87 Å². The van der Waals surface area contributed by atoms with Gasteiger partial charge in [0.05, 0.1) is 10.3 Å². The van der Waals surface area contributed by atoms with E-state index in [1.165, 1.54) is 18.0 Å². The molecular formula is C8H6NO2S-. The van der Waals surface area contributed by atoms with Crippen molar-refractivity contribution in [3.63, 3.8) is 0 Å². The molecule has 0 aliphatic heterocycles.